The molecule has 0 aliphatic heterocycles. The van der Waals surface area contributed by atoms with Crippen LogP contribution in [0.1, 0.15) is 31.7 Å². The van der Waals surface area contributed by atoms with Gasteiger partial charge in [0, 0.05) is 38.4 Å². The van der Waals surface area contributed by atoms with Gasteiger partial charge in [0.15, 0.2) is 0 Å². The monoisotopic (exact) mass is 313 g/mol. The summed E-state index contributed by atoms with van der Waals surface area (Å²) in [4.78, 5) is 15.6. The first-order valence-electron chi connectivity index (χ1n) is 7.04. The fourth-order valence-corrected chi connectivity index (χ4v) is 2.58. The minimum absolute atomic E-state index is 0.122. The van der Waals surface area contributed by atoms with E-state index in [4.69, 9.17) is 0 Å². The van der Waals surface area contributed by atoms with E-state index in [9.17, 15) is 13.2 Å². The number of sulfonamides is 1. The number of nitrogens with zero attached hydrogens (tertiary/aromatic N) is 2. The van der Waals surface area contributed by atoms with Crippen LogP contribution in [0.4, 0.5) is 0 Å². The highest BCUT2D eigenvalue weighted by molar-refractivity contribution is 7.88. The Morgan fingerprint density at radius 2 is 2.19 bits per heavy atom. The van der Waals surface area contributed by atoms with Crippen molar-refractivity contribution in [3.63, 3.8) is 0 Å². The fraction of sp³-hybridized carbons (Fsp3) is 0.571. The predicted octanol–water partition coefficient (Wildman–Crippen LogP) is 1.15. The molecule has 0 atom stereocenters. The summed E-state index contributed by atoms with van der Waals surface area (Å²) in [5.74, 6) is -0.122. The van der Waals surface area contributed by atoms with Crippen molar-refractivity contribution in [3.05, 3.63) is 30.1 Å². The van der Waals surface area contributed by atoms with Crippen LogP contribution in [0.15, 0.2) is 24.5 Å². The molecular formula is C14H23N3O3S. The Kier molecular flexibility index (Phi) is 7.31. The summed E-state index contributed by atoms with van der Waals surface area (Å²) >= 11 is 0. The van der Waals surface area contributed by atoms with E-state index in [0.29, 0.717) is 6.54 Å². The van der Waals surface area contributed by atoms with Crippen LogP contribution in [0.2, 0.25) is 0 Å². The standard InChI is InChI=1S/C14H23N3O3S/c1-3-4-9-16-14(18)7-10-17(21(2,19)20)12-13-6-5-8-15-11-13/h5-6,8,11H,3-4,7,9-10,12H2,1-2H3,(H,16,18). The molecule has 0 unspecified atom stereocenters. The summed E-state index contributed by atoms with van der Waals surface area (Å²) in [6.45, 7) is 3.09. The second-order valence-corrected chi connectivity index (χ2v) is 6.89. The Hall–Kier alpha value is -1.47. The lowest BCUT2D eigenvalue weighted by Gasteiger charge is -2.19. The summed E-state index contributed by atoms with van der Waals surface area (Å²) in [6.07, 6.45) is 6.51. The average Bonchev–Trinajstić information content (AvgIpc) is 2.43. The van der Waals surface area contributed by atoms with Gasteiger partial charge >= 0.3 is 0 Å². The Balaban J connectivity index is 2.54. The lowest BCUT2D eigenvalue weighted by Crippen LogP contribution is -2.34. The van der Waals surface area contributed by atoms with E-state index in [1.165, 1.54) is 4.31 Å². The molecule has 0 fully saturated rings. The average molecular weight is 313 g/mol. The fourth-order valence-electron chi connectivity index (χ4n) is 1.78. The summed E-state index contributed by atoms with van der Waals surface area (Å²) < 4.78 is 24.9. The van der Waals surface area contributed by atoms with Gasteiger partial charge in [-0.2, -0.15) is 4.31 Å². The van der Waals surface area contributed by atoms with Gasteiger partial charge in [-0.25, -0.2) is 8.42 Å². The minimum Gasteiger partial charge on any atom is -0.356 e. The molecule has 1 heterocycles. The molecule has 7 heteroatoms. The first-order chi connectivity index (χ1) is 9.93. The maximum absolute atomic E-state index is 11.8. The van der Waals surface area contributed by atoms with E-state index in [1.54, 1.807) is 18.5 Å². The van der Waals surface area contributed by atoms with Crippen LogP contribution in [-0.4, -0.2) is 43.0 Å². The number of nitrogens with one attached hydrogen (secondary N) is 1. The zero-order valence-electron chi connectivity index (χ0n) is 12.6. The van der Waals surface area contributed by atoms with Gasteiger partial charge in [-0.1, -0.05) is 19.4 Å². The van der Waals surface area contributed by atoms with Gasteiger partial charge in [0.25, 0.3) is 0 Å². The van der Waals surface area contributed by atoms with Crippen LogP contribution >= 0.6 is 0 Å². The molecule has 1 aromatic heterocycles. The summed E-state index contributed by atoms with van der Waals surface area (Å²) in [7, 11) is -3.36. The largest absolute Gasteiger partial charge is 0.356 e. The number of carbonyl (C=O) groups is 1. The number of rotatable bonds is 9. The Morgan fingerprint density at radius 1 is 1.43 bits per heavy atom. The van der Waals surface area contributed by atoms with Crippen molar-refractivity contribution in [2.24, 2.45) is 0 Å². The van der Waals surface area contributed by atoms with Gasteiger partial charge in [-0.05, 0) is 18.1 Å². The molecule has 0 saturated heterocycles. The highest BCUT2D eigenvalue weighted by Gasteiger charge is 2.18. The minimum atomic E-state index is -3.36. The molecular weight excluding hydrogens is 290 g/mol. The van der Waals surface area contributed by atoms with Gasteiger partial charge in [-0.15, -0.1) is 0 Å². The van der Waals surface area contributed by atoms with E-state index in [1.807, 2.05) is 13.0 Å². The number of hydrogen-bond donors (Lipinski definition) is 1. The Bertz CT molecular complexity index is 532. The molecule has 0 radical (unpaired) electrons. The van der Waals surface area contributed by atoms with Crippen LogP contribution in [0.3, 0.4) is 0 Å². The van der Waals surface area contributed by atoms with Crippen molar-refractivity contribution in [1.29, 1.82) is 0 Å². The number of carbonyl (C=O) groups excluding carboxylic acids is 1. The Labute approximate surface area is 126 Å². The molecule has 0 spiro atoms. The molecule has 0 aliphatic rings. The molecule has 1 rings (SSSR count). The molecule has 6 nitrogen and oxygen atoms in total. The Morgan fingerprint density at radius 3 is 2.76 bits per heavy atom. The molecule has 21 heavy (non-hydrogen) atoms. The van der Waals surface area contributed by atoms with Crippen molar-refractivity contribution in [3.8, 4) is 0 Å². The molecule has 1 N–H and O–H groups in total. The highest BCUT2D eigenvalue weighted by atomic mass is 32.2. The van der Waals surface area contributed by atoms with Gasteiger partial charge in [0.1, 0.15) is 0 Å². The lowest BCUT2D eigenvalue weighted by atomic mass is 10.3. The quantitative estimate of drug-likeness (QED) is 0.694. The number of hydrogen-bond acceptors (Lipinski definition) is 4. The second kappa shape index (κ2) is 8.74. The van der Waals surface area contributed by atoms with E-state index < -0.39 is 10.0 Å². The third kappa shape index (κ3) is 7.19. The van der Waals surface area contributed by atoms with E-state index in [2.05, 4.69) is 10.3 Å². The number of pyridine rings is 1. The maximum Gasteiger partial charge on any atom is 0.221 e. The molecule has 1 amide bonds. The zero-order valence-corrected chi connectivity index (χ0v) is 13.4. The first-order valence-corrected chi connectivity index (χ1v) is 8.89. The van der Waals surface area contributed by atoms with Crippen molar-refractivity contribution in [2.75, 3.05) is 19.3 Å². The van der Waals surface area contributed by atoms with Gasteiger partial charge < -0.3 is 5.32 Å². The summed E-state index contributed by atoms with van der Waals surface area (Å²) in [5.41, 5.74) is 0.800. The third-order valence-electron chi connectivity index (χ3n) is 2.99. The molecule has 0 aliphatic carbocycles. The molecule has 118 valence electrons. The van der Waals surface area contributed by atoms with Crippen LogP contribution in [-0.2, 0) is 21.4 Å². The lowest BCUT2D eigenvalue weighted by molar-refractivity contribution is -0.121. The third-order valence-corrected chi connectivity index (χ3v) is 4.24. The number of aromatic nitrogens is 1. The van der Waals surface area contributed by atoms with Crippen molar-refractivity contribution in [2.45, 2.75) is 32.7 Å². The van der Waals surface area contributed by atoms with E-state index in [-0.39, 0.29) is 25.4 Å². The van der Waals surface area contributed by atoms with Crippen molar-refractivity contribution >= 4 is 15.9 Å². The molecule has 0 bridgehead atoms. The SMILES string of the molecule is CCCCNC(=O)CCN(Cc1cccnc1)S(C)(=O)=O. The molecule has 1 aromatic rings. The van der Waals surface area contributed by atoms with E-state index >= 15 is 0 Å². The molecule has 0 aromatic carbocycles. The zero-order chi connectivity index (χ0) is 15.7. The van der Waals surface area contributed by atoms with Crippen LogP contribution in [0.5, 0.6) is 0 Å². The highest BCUT2D eigenvalue weighted by Crippen LogP contribution is 2.08. The maximum atomic E-state index is 11.8. The van der Waals surface area contributed by atoms with Crippen LogP contribution in [0, 0.1) is 0 Å². The summed E-state index contributed by atoms with van der Waals surface area (Å²) in [6, 6.07) is 3.57. The van der Waals surface area contributed by atoms with Crippen LogP contribution in [0.25, 0.3) is 0 Å². The molecule has 0 saturated carbocycles. The number of unbranched alkanes of at least 4 members (excludes halogenated alkanes) is 1. The van der Waals surface area contributed by atoms with Gasteiger partial charge in [-0.3, -0.25) is 9.78 Å². The smallest absolute Gasteiger partial charge is 0.221 e. The number of amides is 1. The van der Waals surface area contributed by atoms with Gasteiger partial charge in [0.05, 0.1) is 6.26 Å². The summed E-state index contributed by atoms with van der Waals surface area (Å²) in [5, 5.41) is 2.78. The predicted molar refractivity (Wildman–Crippen MR) is 82.0 cm³/mol. The van der Waals surface area contributed by atoms with Crippen LogP contribution < -0.4 is 5.32 Å². The second-order valence-electron chi connectivity index (χ2n) is 4.91. The first kappa shape index (κ1) is 17.6. The normalized spacial score (nSPS) is 11.6. The topological polar surface area (TPSA) is 79.4 Å². The van der Waals surface area contributed by atoms with Gasteiger partial charge in [0.2, 0.25) is 15.9 Å². The van der Waals surface area contributed by atoms with Crippen molar-refractivity contribution < 1.29 is 13.2 Å². The van der Waals surface area contributed by atoms with Crippen molar-refractivity contribution in [1.82, 2.24) is 14.6 Å². The van der Waals surface area contributed by atoms with E-state index in [0.717, 1.165) is 24.7 Å².